The van der Waals surface area contributed by atoms with E-state index < -0.39 is 0 Å². The van der Waals surface area contributed by atoms with Crippen molar-refractivity contribution in [3.05, 3.63) is 0 Å². The molecule has 4 nitrogen and oxygen atoms in total. The molecule has 0 amide bonds. The van der Waals surface area contributed by atoms with E-state index >= 15 is 0 Å². The zero-order chi connectivity index (χ0) is 9.40. The first kappa shape index (κ1) is 11.8. The van der Waals surface area contributed by atoms with Gasteiger partial charge in [-0.15, -0.1) is 0 Å². The van der Waals surface area contributed by atoms with Crippen molar-refractivity contribution in [1.29, 1.82) is 0 Å². The molecule has 0 saturated carbocycles. The lowest BCUT2D eigenvalue weighted by Gasteiger charge is -2.25. The lowest BCUT2D eigenvalue weighted by molar-refractivity contribution is 0.271. The zero-order valence-electron chi connectivity index (χ0n) is 8.14. The van der Waals surface area contributed by atoms with Crippen LogP contribution in [0.4, 0.5) is 0 Å². The Morgan fingerprint density at radius 2 is 1.42 bits per heavy atom. The maximum absolute atomic E-state index is 5.35. The van der Waals surface area contributed by atoms with Gasteiger partial charge in [-0.3, -0.25) is 11.7 Å². The largest absolute Gasteiger partial charge is 0.270 e. The van der Waals surface area contributed by atoms with Gasteiger partial charge in [-0.05, 0) is 18.8 Å². The molecule has 0 saturated heterocycles. The highest BCUT2D eigenvalue weighted by Gasteiger charge is 2.16. The van der Waals surface area contributed by atoms with Crippen molar-refractivity contribution in [2.75, 3.05) is 0 Å². The zero-order valence-corrected chi connectivity index (χ0v) is 8.14. The summed E-state index contributed by atoms with van der Waals surface area (Å²) in [5, 5.41) is 0. The van der Waals surface area contributed by atoms with Crippen molar-refractivity contribution in [3.8, 4) is 0 Å². The Morgan fingerprint density at radius 1 is 1.00 bits per heavy atom. The van der Waals surface area contributed by atoms with Crippen LogP contribution in [0.5, 0.6) is 0 Å². The summed E-state index contributed by atoms with van der Waals surface area (Å²) in [5.41, 5.74) is 5.37. The Balaban J connectivity index is 3.86. The SMILES string of the molecule is CCCC(CCC)C(NN)NN. The predicted octanol–water partition coefficient (Wildman–Crippen LogP) is 0.456. The Morgan fingerprint density at radius 3 is 1.67 bits per heavy atom. The number of hydrogen-bond donors (Lipinski definition) is 4. The molecule has 0 aromatic heterocycles. The second kappa shape index (κ2) is 7.49. The first-order valence-electron chi connectivity index (χ1n) is 4.72. The quantitative estimate of drug-likeness (QED) is 0.257. The summed E-state index contributed by atoms with van der Waals surface area (Å²) < 4.78 is 0. The maximum atomic E-state index is 5.35. The topological polar surface area (TPSA) is 76.1 Å². The van der Waals surface area contributed by atoms with Crippen LogP contribution in [0.1, 0.15) is 39.5 Å². The molecule has 0 spiro atoms. The summed E-state index contributed by atoms with van der Waals surface area (Å²) in [6, 6.07) is 0. The second-order valence-corrected chi connectivity index (χ2v) is 3.15. The van der Waals surface area contributed by atoms with E-state index in [1.165, 1.54) is 12.8 Å². The van der Waals surface area contributed by atoms with Crippen molar-refractivity contribution in [1.82, 2.24) is 10.9 Å². The molecule has 4 heteroatoms. The van der Waals surface area contributed by atoms with Crippen LogP contribution in [0.2, 0.25) is 0 Å². The van der Waals surface area contributed by atoms with E-state index in [-0.39, 0.29) is 6.17 Å². The van der Waals surface area contributed by atoms with Gasteiger partial charge < -0.3 is 0 Å². The van der Waals surface area contributed by atoms with Crippen LogP contribution in [0.3, 0.4) is 0 Å². The summed E-state index contributed by atoms with van der Waals surface area (Å²) in [6.45, 7) is 4.35. The second-order valence-electron chi connectivity index (χ2n) is 3.15. The minimum Gasteiger partial charge on any atom is -0.270 e. The van der Waals surface area contributed by atoms with Crippen LogP contribution in [0.25, 0.3) is 0 Å². The summed E-state index contributed by atoms with van der Waals surface area (Å²) in [4.78, 5) is 0. The van der Waals surface area contributed by atoms with E-state index in [1.54, 1.807) is 0 Å². The van der Waals surface area contributed by atoms with Gasteiger partial charge in [0.1, 0.15) is 0 Å². The fraction of sp³-hybridized carbons (Fsp3) is 1.00. The minimum absolute atomic E-state index is 0.0462. The molecule has 0 unspecified atom stereocenters. The average Bonchev–Trinajstić information content (AvgIpc) is 2.07. The fourth-order valence-electron chi connectivity index (χ4n) is 1.54. The van der Waals surface area contributed by atoms with Crippen LogP contribution in [0, 0.1) is 5.92 Å². The molecule has 0 bridgehead atoms. The Bertz CT molecular complexity index is 87.1. The van der Waals surface area contributed by atoms with E-state index in [0.29, 0.717) is 5.92 Å². The average molecular weight is 174 g/mol. The molecule has 0 rings (SSSR count). The molecular weight excluding hydrogens is 152 g/mol. The van der Waals surface area contributed by atoms with Crippen molar-refractivity contribution < 1.29 is 0 Å². The monoisotopic (exact) mass is 174 g/mol. The van der Waals surface area contributed by atoms with Crippen LogP contribution in [-0.4, -0.2) is 6.17 Å². The van der Waals surface area contributed by atoms with Crippen LogP contribution in [-0.2, 0) is 0 Å². The van der Waals surface area contributed by atoms with E-state index in [0.717, 1.165) is 12.8 Å². The third-order valence-electron chi connectivity index (χ3n) is 2.15. The van der Waals surface area contributed by atoms with Gasteiger partial charge in [0.2, 0.25) is 0 Å². The van der Waals surface area contributed by atoms with E-state index in [9.17, 15) is 0 Å². The molecule has 0 aromatic carbocycles. The molecule has 0 atom stereocenters. The van der Waals surface area contributed by atoms with Crippen molar-refractivity contribution in [2.24, 2.45) is 17.6 Å². The molecule has 74 valence electrons. The Kier molecular flexibility index (Phi) is 7.39. The standard InChI is InChI=1S/C8H22N4/c1-3-5-7(6-4-2)8(11-9)12-10/h7-8,11-12H,3-6,9-10H2,1-2H3. The van der Waals surface area contributed by atoms with Crippen molar-refractivity contribution in [3.63, 3.8) is 0 Å². The first-order valence-corrected chi connectivity index (χ1v) is 4.72. The summed E-state index contributed by atoms with van der Waals surface area (Å²) in [5.74, 6) is 11.2. The Hall–Kier alpha value is -0.160. The third kappa shape index (κ3) is 4.01. The highest BCUT2D eigenvalue weighted by atomic mass is 15.4. The van der Waals surface area contributed by atoms with Gasteiger partial charge in [0.25, 0.3) is 0 Å². The number of hydrazine groups is 2. The van der Waals surface area contributed by atoms with E-state index in [4.69, 9.17) is 11.7 Å². The highest BCUT2D eigenvalue weighted by Crippen LogP contribution is 2.15. The molecule has 0 heterocycles. The molecule has 0 fully saturated rings. The minimum atomic E-state index is 0.0462. The number of hydrogen-bond acceptors (Lipinski definition) is 4. The molecule has 12 heavy (non-hydrogen) atoms. The molecule has 0 aliphatic rings. The van der Waals surface area contributed by atoms with Gasteiger partial charge in [0.15, 0.2) is 0 Å². The summed E-state index contributed by atoms with van der Waals surface area (Å²) in [7, 11) is 0. The molecule has 6 N–H and O–H groups in total. The lowest BCUT2D eigenvalue weighted by Crippen LogP contribution is -2.53. The molecule has 0 radical (unpaired) electrons. The van der Waals surface area contributed by atoms with Crippen LogP contribution < -0.4 is 22.5 Å². The maximum Gasteiger partial charge on any atom is 0.0855 e. The van der Waals surface area contributed by atoms with Crippen LogP contribution in [0.15, 0.2) is 0 Å². The van der Waals surface area contributed by atoms with Crippen molar-refractivity contribution in [2.45, 2.75) is 45.7 Å². The molecule has 0 aliphatic carbocycles. The van der Waals surface area contributed by atoms with Gasteiger partial charge in [-0.2, -0.15) is 0 Å². The van der Waals surface area contributed by atoms with Gasteiger partial charge >= 0.3 is 0 Å². The number of rotatable bonds is 7. The molecule has 0 aliphatic heterocycles. The lowest BCUT2D eigenvalue weighted by atomic mass is 9.95. The molecule has 0 aromatic rings. The molecular formula is C8H22N4. The Labute approximate surface area is 75.0 Å². The van der Waals surface area contributed by atoms with Crippen LogP contribution >= 0.6 is 0 Å². The summed E-state index contributed by atoms with van der Waals surface area (Å²) >= 11 is 0. The summed E-state index contributed by atoms with van der Waals surface area (Å²) in [6.07, 6.45) is 4.71. The van der Waals surface area contributed by atoms with Gasteiger partial charge in [0.05, 0.1) is 6.17 Å². The van der Waals surface area contributed by atoms with Gasteiger partial charge in [0, 0.05) is 0 Å². The highest BCUT2D eigenvalue weighted by molar-refractivity contribution is 4.69. The van der Waals surface area contributed by atoms with Gasteiger partial charge in [-0.1, -0.05) is 26.7 Å². The number of nitrogens with two attached hydrogens (primary N) is 2. The predicted molar refractivity (Wildman–Crippen MR) is 51.7 cm³/mol. The number of nitrogens with one attached hydrogen (secondary N) is 2. The third-order valence-corrected chi connectivity index (χ3v) is 2.15. The first-order chi connectivity index (χ1) is 5.79. The van der Waals surface area contributed by atoms with E-state index in [2.05, 4.69) is 24.7 Å². The van der Waals surface area contributed by atoms with E-state index in [1.807, 2.05) is 0 Å². The fourth-order valence-corrected chi connectivity index (χ4v) is 1.54. The van der Waals surface area contributed by atoms with Crippen molar-refractivity contribution >= 4 is 0 Å². The van der Waals surface area contributed by atoms with Gasteiger partial charge in [-0.25, -0.2) is 10.9 Å². The normalized spacial score (nSPS) is 11.5. The smallest absolute Gasteiger partial charge is 0.0855 e.